The molecule has 0 bridgehead atoms. The van der Waals surface area contributed by atoms with Crippen LogP contribution in [0.2, 0.25) is 0 Å². The average Bonchev–Trinajstić information content (AvgIpc) is 3.57. The molecule has 2 atom stereocenters. The number of aryl methyl sites for hydroxylation is 1. The predicted octanol–water partition coefficient (Wildman–Crippen LogP) is 2.15. The Labute approximate surface area is 202 Å². The van der Waals surface area contributed by atoms with Crippen LogP contribution >= 0.6 is 0 Å². The van der Waals surface area contributed by atoms with Gasteiger partial charge in [0.1, 0.15) is 17.8 Å². The summed E-state index contributed by atoms with van der Waals surface area (Å²) < 4.78 is 9.10. The summed E-state index contributed by atoms with van der Waals surface area (Å²) in [6, 6.07) is 5.80. The molecule has 0 radical (unpaired) electrons. The molecule has 0 saturated carbocycles. The number of nitrogen functional groups attached to an aromatic ring is 1. The molecule has 1 aromatic carbocycles. The van der Waals surface area contributed by atoms with Crippen LogP contribution in [0.5, 0.6) is 0 Å². The number of ether oxygens (including phenoxy) is 1. The number of methoxy groups -OCH3 is 1. The number of benzene rings is 1. The van der Waals surface area contributed by atoms with Gasteiger partial charge in [-0.05, 0) is 43.5 Å². The van der Waals surface area contributed by atoms with Crippen molar-refractivity contribution in [3.05, 3.63) is 54.6 Å². The Morgan fingerprint density at radius 3 is 2.97 bits per heavy atom. The molecule has 10 nitrogen and oxygen atoms in total. The first kappa shape index (κ1) is 22.6. The van der Waals surface area contributed by atoms with Gasteiger partial charge < -0.3 is 15.4 Å². The second-order valence-corrected chi connectivity index (χ2v) is 8.43. The highest BCUT2D eigenvalue weighted by molar-refractivity contribution is 5.91. The quantitative estimate of drug-likeness (QED) is 0.351. The monoisotopic (exact) mass is 470 g/mol. The molecule has 5 rings (SSSR count). The van der Waals surface area contributed by atoms with Gasteiger partial charge >= 0.3 is 0 Å². The fraction of sp³-hybridized carbons (Fsp3) is 0.320. The van der Waals surface area contributed by atoms with Crippen LogP contribution < -0.4 is 5.73 Å². The van der Waals surface area contributed by atoms with E-state index in [1.54, 1.807) is 12.0 Å². The first-order valence-electron chi connectivity index (χ1n) is 11.4. The topological polar surface area (TPSA) is 117 Å². The molecule has 1 amide bonds. The number of hydrogen-bond donors (Lipinski definition) is 1. The van der Waals surface area contributed by atoms with E-state index in [1.807, 2.05) is 33.8 Å². The zero-order chi connectivity index (χ0) is 24.5. The second kappa shape index (κ2) is 9.19. The van der Waals surface area contributed by atoms with Crippen LogP contribution in [0.15, 0.2) is 43.4 Å². The van der Waals surface area contributed by atoms with E-state index in [2.05, 4.69) is 40.4 Å². The van der Waals surface area contributed by atoms with Crippen molar-refractivity contribution in [3.63, 3.8) is 0 Å². The highest BCUT2D eigenvalue weighted by Gasteiger charge is 2.37. The molecule has 1 saturated heterocycles. The molecule has 0 aliphatic carbocycles. The van der Waals surface area contributed by atoms with Gasteiger partial charge in [0.25, 0.3) is 0 Å². The summed E-state index contributed by atoms with van der Waals surface area (Å²) in [6.45, 7) is 7.38. The highest BCUT2D eigenvalue weighted by atomic mass is 16.5. The number of carbonyl (C=O) groups is 1. The Morgan fingerprint density at radius 2 is 2.20 bits per heavy atom. The summed E-state index contributed by atoms with van der Waals surface area (Å²) in [6.07, 6.45) is 5.25. The molecule has 10 heteroatoms. The molecule has 1 aliphatic heterocycles. The van der Waals surface area contributed by atoms with Gasteiger partial charge in [0.2, 0.25) is 5.91 Å². The van der Waals surface area contributed by atoms with E-state index in [-0.39, 0.29) is 18.0 Å². The van der Waals surface area contributed by atoms with Gasteiger partial charge in [-0.25, -0.2) is 14.6 Å². The third-order valence-electron chi connectivity index (χ3n) is 6.34. The lowest BCUT2D eigenvalue weighted by Crippen LogP contribution is -2.37. The number of amides is 1. The summed E-state index contributed by atoms with van der Waals surface area (Å²) in [5.41, 5.74) is 9.22. The predicted molar refractivity (Wildman–Crippen MR) is 132 cm³/mol. The van der Waals surface area contributed by atoms with E-state index in [0.717, 1.165) is 23.0 Å². The Bertz CT molecular complexity index is 1490. The van der Waals surface area contributed by atoms with E-state index in [0.29, 0.717) is 42.1 Å². The van der Waals surface area contributed by atoms with E-state index >= 15 is 0 Å². The number of fused-ring (bicyclic) bond motifs is 2. The largest absolute Gasteiger partial charge is 0.383 e. The first-order valence-corrected chi connectivity index (χ1v) is 11.4. The number of nitrogens with two attached hydrogens (primary N) is 1. The zero-order valence-electron chi connectivity index (χ0n) is 19.7. The van der Waals surface area contributed by atoms with Crippen LogP contribution in [0.1, 0.15) is 30.6 Å². The first-order chi connectivity index (χ1) is 17.0. The van der Waals surface area contributed by atoms with Crippen LogP contribution in [0.4, 0.5) is 5.82 Å². The normalized spacial score (nSPS) is 17.6. The molecular formula is C25H26N8O2. The van der Waals surface area contributed by atoms with E-state index in [4.69, 9.17) is 15.6 Å². The van der Waals surface area contributed by atoms with Crippen molar-refractivity contribution in [3.8, 4) is 11.8 Å². The maximum absolute atomic E-state index is 12.4. The molecule has 1 aliphatic rings. The number of likely N-dealkylation sites (tertiary alicyclic amines) is 1. The summed E-state index contributed by atoms with van der Waals surface area (Å²) in [5, 5.41) is 10.8. The Hall–Kier alpha value is -4.23. The van der Waals surface area contributed by atoms with Crippen molar-refractivity contribution in [2.45, 2.75) is 32.0 Å². The third kappa shape index (κ3) is 4.00. The lowest BCUT2D eigenvalue weighted by atomic mass is 10.1. The van der Waals surface area contributed by atoms with Gasteiger partial charge in [0.15, 0.2) is 5.65 Å². The maximum atomic E-state index is 12.4. The number of rotatable bonds is 5. The third-order valence-corrected chi connectivity index (χ3v) is 6.34. The molecule has 1 unspecified atom stereocenters. The Balaban J connectivity index is 1.53. The Kier molecular flexibility index (Phi) is 5.93. The van der Waals surface area contributed by atoms with Gasteiger partial charge in [0, 0.05) is 31.1 Å². The van der Waals surface area contributed by atoms with Gasteiger partial charge in [-0.15, -0.1) is 0 Å². The molecule has 4 aromatic rings. The molecule has 1 fully saturated rings. The van der Waals surface area contributed by atoms with E-state index in [9.17, 15) is 4.79 Å². The van der Waals surface area contributed by atoms with Crippen LogP contribution in [0.3, 0.4) is 0 Å². The van der Waals surface area contributed by atoms with Crippen molar-refractivity contribution < 1.29 is 9.53 Å². The lowest BCUT2D eigenvalue weighted by molar-refractivity contribution is -0.127. The molecule has 178 valence electrons. The fourth-order valence-electron chi connectivity index (χ4n) is 4.69. The van der Waals surface area contributed by atoms with E-state index in [1.165, 1.54) is 12.4 Å². The minimum atomic E-state index is -0.137. The summed E-state index contributed by atoms with van der Waals surface area (Å²) in [5.74, 6) is 6.54. The maximum Gasteiger partial charge on any atom is 0.246 e. The van der Waals surface area contributed by atoms with Crippen molar-refractivity contribution in [2.75, 3.05) is 26.0 Å². The van der Waals surface area contributed by atoms with Crippen molar-refractivity contribution >= 4 is 33.7 Å². The standard InChI is InChI=1S/C25H26N8O2/c1-4-22(34)31-13-18(11-19(31)14-35-3)33-25-23(24(26)27-15-28-25)20(30-33)8-6-16-7-9-21-17(10-16)12-29-32(21)5-2/h4,7,9-10,12,15,18-19H,1,5,11,13-14H2,2-3H3,(H2,26,27,28)/t18?,19-/m1/s1. The minimum absolute atomic E-state index is 0.0840. The Morgan fingerprint density at radius 1 is 1.34 bits per heavy atom. The van der Waals surface area contributed by atoms with Gasteiger partial charge in [-0.1, -0.05) is 12.5 Å². The van der Waals surface area contributed by atoms with Crippen LogP contribution in [0.25, 0.3) is 21.9 Å². The van der Waals surface area contributed by atoms with E-state index < -0.39 is 0 Å². The van der Waals surface area contributed by atoms with Crippen LogP contribution in [-0.4, -0.2) is 66.6 Å². The zero-order valence-corrected chi connectivity index (χ0v) is 19.7. The van der Waals surface area contributed by atoms with Gasteiger partial charge in [-0.2, -0.15) is 10.2 Å². The molecule has 0 spiro atoms. The molecule has 2 N–H and O–H groups in total. The molecule has 3 aromatic heterocycles. The lowest BCUT2D eigenvalue weighted by Gasteiger charge is -2.22. The van der Waals surface area contributed by atoms with Crippen molar-refractivity contribution in [1.29, 1.82) is 0 Å². The number of carbonyl (C=O) groups excluding carboxylic acids is 1. The minimum Gasteiger partial charge on any atom is -0.383 e. The summed E-state index contributed by atoms with van der Waals surface area (Å²) >= 11 is 0. The molecular weight excluding hydrogens is 444 g/mol. The fourth-order valence-corrected chi connectivity index (χ4v) is 4.69. The van der Waals surface area contributed by atoms with Gasteiger partial charge in [0.05, 0.1) is 35.8 Å². The summed E-state index contributed by atoms with van der Waals surface area (Å²) in [4.78, 5) is 22.8. The smallest absolute Gasteiger partial charge is 0.246 e. The highest BCUT2D eigenvalue weighted by Crippen LogP contribution is 2.32. The van der Waals surface area contributed by atoms with Crippen LogP contribution in [0, 0.1) is 11.8 Å². The van der Waals surface area contributed by atoms with Crippen molar-refractivity contribution in [1.82, 2.24) is 34.4 Å². The number of aromatic nitrogens is 6. The van der Waals surface area contributed by atoms with Crippen molar-refractivity contribution in [2.24, 2.45) is 0 Å². The van der Waals surface area contributed by atoms with Gasteiger partial charge in [-0.3, -0.25) is 9.48 Å². The number of hydrogen-bond acceptors (Lipinski definition) is 7. The molecule has 4 heterocycles. The average molecular weight is 471 g/mol. The SMILES string of the molecule is C=CC(=O)N1CC(n2nc(C#Cc3ccc4c(cnn4CC)c3)c3c(N)ncnc32)C[C@@H]1COC. The molecule has 35 heavy (non-hydrogen) atoms. The van der Waals surface area contributed by atoms with Crippen LogP contribution in [-0.2, 0) is 16.1 Å². The second-order valence-electron chi connectivity index (χ2n) is 8.43. The number of nitrogens with zero attached hydrogens (tertiary/aromatic N) is 7. The number of anilines is 1. The summed E-state index contributed by atoms with van der Waals surface area (Å²) in [7, 11) is 1.62.